The predicted molar refractivity (Wildman–Crippen MR) is 48.9 cm³/mol. The number of nitrogens with zero attached hydrogens (tertiary/aromatic N) is 2. The molecule has 1 aromatic rings. The fraction of sp³-hybridized carbons (Fsp3) is 0.571. The van der Waals surface area contributed by atoms with Crippen LogP contribution in [0.15, 0.2) is 17.6 Å². The molecule has 0 aromatic carbocycles. The van der Waals surface area contributed by atoms with Crippen molar-refractivity contribution in [2.45, 2.75) is 11.9 Å². The lowest BCUT2D eigenvalue weighted by molar-refractivity contribution is 0.585. The molecule has 74 valence electrons. The molecule has 0 fully saturated rings. The Morgan fingerprint density at radius 1 is 1.62 bits per heavy atom. The molecule has 13 heavy (non-hydrogen) atoms. The van der Waals surface area contributed by atoms with Gasteiger partial charge in [-0.2, -0.15) is 0 Å². The van der Waals surface area contributed by atoms with Crippen LogP contribution in [0, 0.1) is 0 Å². The summed E-state index contributed by atoms with van der Waals surface area (Å²) in [5, 5.41) is 2.88. The van der Waals surface area contributed by atoms with Gasteiger partial charge in [0.15, 0.2) is 5.03 Å². The van der Waals surface area contributed by atoms with E-state index in [-0.39, 0.29) is 10.9 Å². The van der Waals surface area contributed by atoms with Gasteiger partial charge in [0.2, 0.25) is 9.84 Å². The number of hydrogen-bond acceptors (Lipinski definition) is 4. The lowest BCUT2D eigenvalue weighted by Crippen LogP contribution is -2.23. The normalized spacial score (nSPS) is 11.8. The molecule has 1 rings (SSSR count). The summed E-state index contributed by atoms with van der Waals surface area (Å²) in [6, 6.07) is 0. The molecule has 0 aliphatic rings. The third-order valence-corrected chi connectivity index (χ3v) is 2.97. The summed E-state index contributed by atoms with van der Waals surface area (Å²) in [4.78, 5) is 3.78. The maximum Gasteiger partial charge on any atom is 0.210 e. The fourth-order valence-electron chi connectivity index (χ4n) is 0.860. The number of sulfone groups is 1. The summed E-state index contributed by atoms with van der Waals surface area (Å²) < 4.78 is 24.5. The molecule has 6 heteroatoms. The summed E-state index contributed by atoms with van der Waals surface area (Å²) in [7, 11) is -1.51. The Morgan fingerprint density at radius 3 is 2.77 bits per heavy atom. The van der Waals surface area contributed by atoms with Gasteiger partial charge in [-0.3, -0.25) is 0 Å². The molecule has 0 aliphatic heterocycles. The van der Waals surface area contributed by atoms with Crippen molar-refractivity contribution in [3.63, 3.8) is 0 Å². The van der Waals surface area contributed by atoms with E-state index in [1.807, 2.05) is 6.92 Å². The van der Waals surface area contributed by atoms with Crippen LogP contribution in [-0.2, 0) is 16.9 Å². The van der Waals surface area contributed by atoms with E-state index < -0.39 is 9.84 Å². The van der Waals surface area contributed by atoms with Crippen molar-refractivity contribution in [3.05, 3.63) is 12.5 Å². The Morgan fingerprint density at radius 2 is 2.31 bits per heavy atom. The first-order valence-corrected chi connectivity index (χ1v) is 5.63. The molecule has 1 N–H and O–H groups in total. The van der Waals surface area contributed by atoms with Gasteiger partial charge in [0.1, 0.15) is 5.88 Å². The molecule has 5 nitrogen and oxygen atoms in total. The number of nitrogens with one attached hydrogen (secondary N) is 1. The van der Waals surface area contributed by atoms with Gasteiger partial charge >= 0.3 is 0 Å². The largest absolute Gasteiger partial charge is 0.339 e. The van der Waals surface area contributed by atoms with E-state index in [0.29, 0.717) is 6.54 Å². The van der Waals surface area contributed by atoms with E-state index in [4.69, 9.17) is 0 Å². The quantitative estimate of drug-likeness (QED) is 0.733. The Kier molecular flexibility index (Phi) is 3.05. The van der Waals surface area contributed by atoms with Gasteiger partial charge in [-0.1, -0.05) is 6.92 Å². The molecule has 0 saturated carbocycles. The van der Waals surface area contributed by atoms with E-state index in [9.17, 15) is 8.42 Å². The Hall–Kier alpha value is -0.880. The summed E-state index contributed by atoms with van der Waals surface area (Å²) in [6.07, 6.45) is 2.96. The van der Waals surface area contributed by atoms with E-state index in [0.717, 1.165) is 0 Å². The van der Waals surface area contributed by atoms with Crippen molar-refractivity contribution in [3.8, 4) is 0 Å². The number of imidazole rings is 1. The SMILES string of the molecule is CCNCS(=O)(=O)c1cn(C)cn1. The van der Waals surface area contributed by atoms with Crippen molar-refractivity contribution < 1.29 is 8.42 Å². The van der Waals surface area contributed by atoms with Crippen molar-refractivity contribution in [2.24, 2.45) is 7.05 Å². The number of rotatable bonds is 4. The van der Waals surface area contributed by atoms with Gasteiger partial charge < -0.3 is 9.88 Å². The fourth-order valence-corrected chi connectivity index (χ4v) is 2.02. The van der Waals surface area contributed by atoms with Gasteiger partial charge in [-0.05, 0) is 6.54 Å². The minimum atomic E-state index is -3.24. The van der Waals surface area contributed by atoms with Crippen LogP contribution in [0.1, 0.15) is 6.92 Å². The van der Waals surface area contributed by atoms with E-state index in [2.05, 4.69) is 10.3 Å². The molecule has 1 aromatic heterocycles. The zero-order chi connectivity index (χ0) is 9.90. The van der Waals surface area contributed by atoms with Crippen LogP contribution in [0.2, 0.25) is 0 Å². The first kappa shape index (κ1) is 10.2. The summed E-state index contributed by atoms with van der Waals surface area (Å²) >= 11 is 0. The highest BCUT2D eigenvalue weighted by atomic mass is 32.2. The highest BCUT2D eigenvalue weighted by Gasteiger charge is 2.15. The van der Waals surface area contributed by atoms with Crippen molar-refractivity contribution in [2.75, 3.05) is 12.4 Å². The predicted octanol–water partition coefficient (Wildman–Crippen LogP) is -0.239. The molecule has 0 aliphatic carbocycles. The van der Waals surface area contributed by atoms with Gasteiger partial charge in [-0.25, -0.2) is 13.4 Å². The topological polar surface area (TPSA) is 64.0 Å². The molecule has 0 unspecified atom stereocenters. The highest BCUT2D eigenvalue weighted by Crippen LogP contribution is 2.05. The lowest BCUT2D eigenvalue weighted by atomic mass is 10.8. The number of aryl methyl sites for hydroxylation is 1. The average molecular weight is 203 g/mol. The molecule has 0 amide bonds. The minimum Gasteiger partial charge on any atom is -0.339 e. The van der Waals surface area contributed by atoms with Crippen LogP contribution in [0.25, 0.3) is 0 Å². The summed E-state index contributed by atoms with van der Waals surface area (Å²) in [5.74, 6) is -0.0550. The van der Waals surface area contributed by atoms with E-state index >= 15 is 0 Å². The second-order valence-electron chi connectivity index (χ2n) is 2.74. The Bertz CT molecular complexity index is 369. The van der Waals surface area contributed by atoms with Crippen LogP contribution in [0.4, 0.5) is 0 Å². The molecule has 0 atom stereocenters. The number of hydrogen-bond donors (Lipinski definition) is 1. The zero-order valence-electron chi connectivity index (χ0n) is 7.69. The molecular formula is C7H13N3O2S. The van der Waals surface area contributed by atoms with Crippen LogP contribution in [0.5, 0.6) is 0 Å². The van der Waals surface area contributed by atoms with Gasteiger partial charge in [-0.15, -0.1) is 0 Å². The van der Waals surface area contributed by atoms with Crippen molar-refractivity contribution in [1.29, 1.82) is 0 Å². The molecule has 1 heterocycles. The second-order valence-corrected chi connectivity index (χ2v) is 4.68. The second kappa shape index (κ2) is 3.89. The van der Waals surface area contributed by atoms with Crippen LogP contribution >= 0.6 is 0 Å². The average Bonchev–Trinajstić information content (AvgIpc) is 2.49. The monoisotopic (exact) mass is 203 g/mol. The molecular weight excluding hydrogens is 190 g/mol. The van der Waals surface area contributed by atoms with Crippen LogP contribution in [0.3, 0.4) is 0 Å². The summed E-state index contributed by atoms with van der Waals surface area (Å²) in [5.41, 5.74) is 0. The third kappa shape index (κ3) is 2.53. The Labute approximate surface area is 77.7 Å². The molecule has 0 spiro atoms. The molecule has 0 saturated heterocycles. The first-order chi connectivity index (χ1) is 6.06. The number of aromatic nitrogens is 2. The van der Waals surface area contributed by atoms with Crippen LogP contribution < -0.4 is 5.32 Å². The van der Waals surface area contributed by atoms with E-state index in [1.54, 1.807) is 11.6 Å². The third-order valence-electron chi connectivity index (χ3n) is 1.54. The van der Waals surface area contributed by atoms with Crippen molar-refractivity contribution >= 4 is 9.84 Å². The van der Waals surface area contributed by atoms with Gasteiger partial charge in [0.05, 0.1) is 6.33 Å². The lowest BCUT2D eigenvalue weighted by Gasteiger charge is -2.00. The standard InChI is InChI=1S/C7H13N3O2S/c1-3-8-6-13(11,12)7-4-10(2)5-9-7/h4-5,8H,3,6H2,1-2H3. The van der Waals surface area contributed by atoms with Gasteiger partial charge in [0.25, 0.3) is 0 Å². The minimum absolute atomic E-state index is 0.0550. The van der Waals surface area contributed by atoms with Crippen molar-refractivity contribution in [1.82, 2.24) is 14.9 Å². The molecule has 0 radical (unpaired) electrons. The highest BCUT2D eigenvalue weighted by molar-refractivity contribution is 7.91. The van der Waals surface area contributed by atoms with Gasteiger partial charge in [0, 0.05) is 13.2 Å². The summed E-state index contributed by atoms with van der Waals surface area (Å²) in [6.45, 7) is 2.49. The first-order valence-electron chi connectivity index (χ1n) is 3.97. The smallest absolute Gasteiger partial charge is 0.210 e. The maximum absolute atomic E-state index is 11.5. The molecule has 0 bridgehead atoms. The van der Waals surface area contributed by atoms with Crippen LogP contribution in [-0.4, -0.2) is 30.4 Å². The Balaban J connectivity index is 2.82. The maximum atomic E-state index is 11.5. The zero-order valence-corrected chi connectivity index (χ0v) is 8.50. The van der Waals surface area contributed by atoms with E-state index in [1.165, 1.54) is 12.5 Å².